The Kier molecular flexibility index (Phi) is 3.97. The van der Waals surface area contributed by atoms with Gasteiger partial charge in [0.1, 0.15) is 0 Å². The molecule has 0 bridgehead atoms. The Morgan fingerprint density at radius 3 is 2.50 bits per heavy atom. The molecule has 0 saturated carbocycles. The summed E-state index contributed by atoms with van der Waals surface area (Å²) in [6, 6.07) is 0. The largest absolute Gasteiger partial charge is 1.00 e. The van der Waals surface area contributed by atoms with Crippen molar-refractivity contribution in [2.75, 3.05) is 6.56 Å². The molecule has 8 heavy (non-hydrogen) atoms. The third-order valence-electron chi connectivity index (χ3n) is 0.312. The van der Waals surface area contributed by atoms with Crippen LogP contribution in [0.15, 0.2) is 0 Å². The van der Waals surface area contributed by atoms with Crippen LogP contribution < -0.4 is 34.7 Å². The van der Waals surface area contributed by atoms with Crippen LogP contribution in [-0.4, -0.2) is 17.6 Å². The van der Waals surface area contributed by atoms with Crippen molar-refractivity contribution in [1.82, 2.24) is 0 Å². The molecule has 4 heteroatoms. The SMILES string of the molecule is [2H]C([2H])(O)C([2H])([2H])CC(=O)[O-].[Na+]. The van der Waals surface area contributed by atoms with Crippen molar-refractivity contribution < 1.29 is 50.0 Å². The second-order valence-corrected chi connectivity index (χ2v) is 0.837. The van der Waals surface area contributed by atoms with E-state index in [1.54, 1.807) is 0 Å². The van der Waals surface area contributed by atoms with E-state index in [1.807, 2.05) is 0 Å². The van der Waals surface area contributed by atoms with Gasteiger partial charge in [0.15, 0.2) is 0 Å². The molecular formula is C4H7NaO3. The molecule has 0 amide bonds. The average Bonchev–Trinajstić information content (AvgIpc) is 1.56. The first kappa shape index (κ1) is 4.28. The molecule has 0 rings (SSSR count). The van der Waals surface area contributed by atoms with Gasteiger partial charge in [0.05, 0.1) is 2.74 Å². The summed E-state index contributed by atoms with van der Waals surface area (Å²) in [5.41, 5.74) is 0. The standard InChI is InChI=1S/C4H8O3.Na/c5-3-1-2-4(6)7;/h5H,1-3H2,(H,6,7);/q;+1/p-1/i1D2,3D2;. The summed E-state index contributed by atoms with van der Waals surface area (Å²) in [6.45, 7) is -3.16. The second kappa shape index (κ2) is 7.43. The molecule has 0 fully saturated rings. The number of carboxylic acid groups (broad SMARTS) is 1. The van der Waals surface area contributed by atoms with Gasteiger partial charge in [-0.2, -0.15) is 0 Å². The molecule has 3 nitrogen and oxygen atoms in total. The summed E-state index contributed by atoms with van der Waals surface area (Å²) in [5, 5.41) is 18.3. The van der Waals surface area contributed by atoms with E-state index >= 15 is 0 Å². The third-order valence-corrected chi connectivity index (χ3v) is 0.312. The quantitative estimate of drug-likeness (QED) is 0.392. The summed E-state index contributed by atoms with van der Waals surface area (Å²) in [4.78, 5) is 9.83. The molecule has 0 aliphatic heterocycles. The van der Waals surface area contributed by atoms with Gasteiger partial charge in [0.2, 0.25) is 0 Å². The number of rotatable bonds is 3. The van der Waals surface area contributed by atoms with E-state index in [2.05, 4.69) is 0 Å². The molecule has 42 valence electrons. The number of carbonyl (C=O) groups is 1. The molecule has 0 aromatic carbocycles. The van der Waals surface area contributed by atoms with Crippen LogP contribution in [0.5, 0.6) is 0 Å². The number of hydrogen-bond donors (Lipinski definition) is 1. The zero-order valence-corrected chi connectivity index (χ0v) is 6.47. The Balaban J connectivity index is 0. The smallest absolute Gasteiger partial charge is 0.550 e. The van der Waals surface area contributed by atoms with Crippen molar-refractivity contribution in [2.24, 2.45) is 0 Å². The van der Waals surface area contributed by atoms with E-state index in [0.29, 0.717) is 0 Å². The molecule has 1 N–H and O–H groups in total. The van der Waals surface area contributed by atoms with Crippen LogP contribution in [0.3, 0.4) is 0 Å². The predicted molar refractivity (Wildman–Crippen MR) is 21.3 cm³/mol. The Hall–Kier alpha value is 0.430. The van der Waals surface area contributed by atoms with Crippen molar-refractivity contribution in [3.05, 3.63) is 0 Å². The van der Waals surface area contributed by atoms with Crippen LogP contribution >= 0.6 is 0 Å². The Morgan fingerprint density at radius 2 is 2.38 bits per heavy atom. The van der Waals surface area contributed by atoms with E-state index in [1.165, 1.54) is 0 Å². The van der Waals surface area contributed by atoms with Crippen molar-refractivity contribution >= 4 is 5.97 Å². The number of carboxylic acids is 1. The van der Waals surface area contributed by atoms with Crippen molar-refractivity contribution in [1.29, 1.82) is 0 Å². The van der Waals surface area contributed by atoms with Crippen LogP contribution in [0.1, 0.15) is 18.3 Å². The molecule has 0 saturated heterocycles. The normalized spacial score (nSPS) is 18.6. The van der Waals surface area contributed by atoms with Crippen LogP contribution in [0.25, 0.3) is 0 Å². The zero-order chi connectivity index (χ0) is 9.28. The number of carbonyl (C=O) groups excluding carboxylic acids is 1. The fourth-order valence-electron chi connectivity index (χ4n) is 0.112. The fraction of sp³-hybridized carbons (Fsp3) is 0.750. The number of hydrogen-bond acceptors (Lipinski definition) is 3. The van der Waals surface area contributed by atoms with Gasteiger partial charge in [-0.25, -0.2) is 0 Å². The van der Waals surface area contributed by atoms with E-state index in [9.17, 15) is 9.90 Å². The van der Waals surface area contributed by atoms with E-state index in [4.69, 9.17) is 10.6 Å². The van der Waals surface area contributed by atoms with Gasteiger partial charge < -0.3 is 15.0 Å². The van der Waals surface area contributed by atoms with Gasteiger partial charge in [-0.05, 0) is 12.8 Å². The molecular weight excluding hydrogens is 119 g/mol. The topological polar surface area (TPSA) is 60.4 Å². The summed E-state index contributed by atoms with van der Waals surface area (Å²) in [6.07, 6.45) is -3.98. The Morgan fingerprint density at radius 1 is 1.88 bits per heavy atom. The predicted octanol–water partition coefficient (Wildman–Crippen LogP) is -4.49. The molecule has 0 aliphatic rings. The van der Waals surface area contributed by atoms with Crippen molar-refractivity contribution in [2.45, 2.75) is 12.8 Å². The Bertz CT molecular complexity index is 166. The average molecular weight is 130 g/mol. The fourth-order valence-corrected chi connectivity index (χ4v) is 0.112. The van der Waals surface area contributed by atoms with Gasteiger partial charge in [-0.1, -0.05) is 0 Å². The Labute approximate surface area is 75.6 Å². The second-order valence-electron chi connectivity index (χ2n) is 0.837. The minimum atomic E-state index is -3.16. The minimum absolute atomic E-state index is 0. The molecule has 0 aliphatic carbocycles. The van der Waals surface area contributed by atoms with E-state index in [0.717, 1.165) is 0 Å². The summed E-state index contributed by atoms with van der Waals surface area (Å²) in [5.74, 6) is -1.74. The van der Waals surface area contributed by atoms with Gasteiger partial charge in [-0.15, -0.1) is 0 Å². The van der Waals surface area contributed by atoms with Crippen LogP contribution in [0.2, 0.25) is 0 Å². The summed E-state index contributed by atoms with van der Waals surface area (Å²) >= 11 is 0. The number of aliphatic carboxylic acids is 1. The first-order valence-corrected chi connectivity index (χ1v) is 1.59. The molecule has 0 atom stereocenters. The molecule has 0 heterocycles. The third kappa shape index (κ3) is 9.66. The van der Waals surface area contributed by atoms with Gasteiger partial charge >= 0.3 is 29.6 Å². The molecule has 0 spiro atoms. The van der Waals surface area contributed by atoms with Crippen molar-refractivity contribution in [3.63, 3.8) is 0 Å². The molecule has 0 aromatic rings. The van der Waals surface area contributed by atoms with Gasteiger partial charge in [-0.3, -0.25) is 0 Å². The molecule has 0 radical (unpaired) electrons. The maximum absolute atomic E-state index is 9.83. The van der Waals surface area contributed by atoms with Gasteiger partial charge in [0.25, 0.3) is 0 Å². The summed E-state index contributed by atoms with van der Waals surface area (Å²) < 4.78 is 26.4. The molecule has 0 unspecified atom stereocenters. The maximum Gasteiger partial charge on any atom is 1.00 e. The maximum atomic E-state index is 9.83. The first-order valence-electron chi connectivity index (χ1n) is 3.59. The van der Waals surface area contributed by atoms with Crippen molar-refractivity contribution in [3.8, 4) is 0 Å². The first-order chi connectivity index (χ1) is 4.67. The van der Waals surface area contributed by atoms with Crippen LogP contribution in [0.4, 0.5) is 0 Å². The minimum Gasteiger partial charge on any atom is -0.550 e. The van der Waals surface area contributed by atoms with Gasteiger partial charge in [0, 0.05) is 15.3 Å². The van der Waals surface area contributed by atoms with E-state index in [-0.39, 0.29) is 29.6 Å². The van der Waals surface area contributed by atoms with Crippen LogP contribution in [-0.2, 0) is 4.79 Å². The van der Waals surface area contributed by atoms with E-state index < -0.39 is 25.3 Å². The number of aliphatic hydroxyl groups is 1. The van der Waals surface area contributed by atoms with Crippen LogP contribution in [0, 0.1) is 0 Å². The zero-order valence-electron chi connectivity index (χ0n) is 8.47. The monoisotopic (exact) mass is 130 g/mol. The molecule has 0 aromatic heterocycles. The summed E-state index contributed by atoms with van der Waals surface area (Å²) in [7, 11) is 0.